The molecule has 0 aromatic heterocycles. The van der Waals surface area contributed by atoms with Gasteiger partial charge in [-0.05, 0) is 30.3 Å². The van der Waals surface area contributed by atoms with Gasteiger partial charge in [0.1, 0.15) is 4.99 Å². The minimum Gasteiger partial charge on any atom is -0.389 e. The molecule has 108 valence electrons. The second kappa shape index (κ2) is 6.76. The monoisotopic (exact) mass is 339 g/mol. The summed E-state index contributed by atoms with van der Waals surface area (Å²) >= 11 is 16.9. The van der Waals surface area contributed by atoms with Gasteiger partial charge in [0.2, 0.25) is 0 Å². The van der Waals surface area contributed by atoms with Crippen molar-refractivity contribution in [1.82, 2.24) is 0 Å². The van der Waals surface area contributed by atoms with E-state index in [4.69, 9.17) is 41.2 Å². The highest BCUT2D eigenvalue weighted by Crippen LogP contribution is 2.24. The summed E-state index contributed by atoms with van der Waals surface area (Å²) in [4.78, 5) is 12.2. The van der Waals surface area contributed by atoms with E-state index in [-0.39, 0.29) is 4.99 Å². The van der Waals surface area contributed by atoms with Crippen molar-refractivity contribution in [2.24, 2.45) is 5.73 Å². The maximum Gasteiger partial charge on any atom is 0.323 e. The van der Waals surface area contributed by atoms with E-state index in [1.807, 2.05) is 0 Å². The van der Waals surface area contributed by atoms with Crippen molar-refractivity contribution in [3.63, 3.8) is 0 Å². The number of thiocarbonyl (C=S) groups is 1. The molecule has 0 heterocycles. The zero-order chi connectivity index (χ0) is 15.4. The summed E-state index contributed by atoms with van der Waals surface area (Å²) in [5.74, 6) is 0. The van der Waals surface area contributed by atoms with Gasteiger partial charge < -0.3 is 16.4 Å². The van der Waals surface area contributed by atoms with Crippen LogP contribution in [0.1, 0.15) is 5.56 Å². The number of hydrogen-bond acceptors (Lipinski definition) is 2. The Balaban J connectivity index is 2.10. The highest BCUT2D eigenvalue weighted by atomic mass is 35.5. The molecule has 0 unspecified atom stereocenters. The number of nitrogens with one attached hydrogen (secondary N) is 2. The summed E-state index contributed by atoms with van der Waals surface area (Å²) in [6.45, 7) is 0. The molecule has 4 nitrogen and oxygen atoms in total. The second-order valence-electron chi connectivity index (χ2n) is 4.12. The first kappa shape index (κ1) is 15.6. The van der Waals surface area contributed by atoms with Crippen LogP contribution in [0, 0.1) is 0 Å². The summed E-state index contributed by atoms with van der Waals surface area (Å²) in [5.41, 5.74) is 7.10. The number of amides is 2. The van der Waals surface area contributed by atoms with Crippen LogP contribution in [0.3, 0.4) is 0 Å². The van der Waals surface area contributed by atoms with Crippen LogP contribution >= 0.6 is 35.4 Å². The van der Waals surface area contributed by atoms with Gasteiger partial charge in [-0.3, -0.25) is 0 Å². The Morgan fingerprint density at radius 2 is 1.62 bits per heavy atom. The molecule has 2 aromatic carbocycles. The highest BCUT2D eigenvalue weighted by Gasteiger charge is 2.09. The molecule has 2 rings (SSSR count). The summed E-state index contributed by atoms with van der Waals surface area (Å²) in [6, 6.07) is 11.4. The number of urea groups is 1. The molecule has 21 heavy (non-hydrogen) atoms. The molecule has 7 heteroatoms. The first-order chi connectivity index (χ1) is 9.97. The molecular weight excluding hydrogens is 329 g/mol. The molecule has 0 aliphatic heterocycles. The molecule has 0 fully saturated rings. The number of benzene rings is 2. The summed E-state index contributed by atoms with van der Waals surface area (Å²) in [7, 11) is 0. The van der Waals surface area contributed by atoms with Crippen LogP contribution in [0.4, 0.5) is 16.2 Å². The smallest absolute Gasteiger partial charge is 0.323 e. The van der Waals surface area contributed by atoms with Crippen molar-refractivity contribution >= 4 is 57.8 Å². The Morgan fingerprint density at radius 1 is 1.00 bits per heavy atom. The van der Waals surface area contributed by atoms with Crippen LogP contribution in [0.2, 0.25) is 10.0 Å². The van der Waals surface area contributed by atoms with Crippen LogP contribution < -0.4 is 16.4 Å². The molecule has 2 aromatic rings. The third-order valence-corrected chi connectivity index (χ3v) is 3.50. The van der Waals surface area contributed by atoms with Crippen LogP contribution in [-0.4, -0.2) is 11.0 Å². The minimum atomic E-state index is -0.451. The lowest BCUT2D eigenvalue weighted by Gasteiger charge is -2.10. The normalized spacial score (nSPS) is 10.0. The van der Waals surface area contributed by atoms with Crippen molar-refractivity contribution in [3.8, 4) is 0 Å². The predicted octanol–water partition coefficient (Wildman–Crippen LogP) is 4.27. The van der Waals surface area contributed by atoms with E-state index < -0.39 is 6.03 Å². The van der Waals surface area contributed by atoms with E-state index in [1.165, 1.54) is 0 Å². The van der Waals surface area contributed by atoms with Crippen LogP contribution in [-0.2, 0) is 0 Å². The Labute approximate surface area is 137 Å². The molecule has 4 N–H and O–H groups in total. The summed E-state index contributed by atoms with van der Waals surface area (Å²) in [6.07, 6.45) is 0. The highest BCUT2D eigenvalue weighted by molar-refractivity contribution is 7.80. The van der Waals surface area contributed by atoms with Gasteiger partial charge in [0.05, 0.1) is 21.4 Å². The van der Waals surface area contributed by atoms with Crippen molar-refractivity contribution in [2.75, 3.05) is 10.6 Å². The molecule has 0 atom stereocenters. The van der Waals surface area contributed by atoms with Gasteiger partial charge in [-0.15, -0.1) is 0 Å². The third-order valence-electron chi connectivity index (χ3n) is 2.62. The number of carbonyl (C=O) groups is 1. The quantitative estimate of drug-likeness (QED) is 0.731. The van der Waals surface area contributed by atoms with E-state index in [0.717, 1.165) is 0 Å². The van der Waals surface area contributed by atoms with Crippen molar-refractivity contribution in [1.29, 1.82) is 0 Å². The average molecular weight is 340 g/mol. The van der Waals surface area contributed by atoms with Gasteiger partial charge in [0, 0.05) is 5.56 Å². The van der Waals surface area contributed by atoms with Crippen molar-refractivity contribution < 1.29 is 4.79 Å². The molecule has 0 radical (unpaired) electrons. The van der Waals surface area contributed by atoms with E-state index in [9.17, 15) is 4.79 Å². The van der Waals surface area contributed by atoms with Gasteiger partial charge in [-0.25, -0.2) is 4.79 Å². The fourth-order valence-corrected chi connectivity index (χ4v) is 2.15. The zero-order valence-corrected chi connectivity index (χ0v) is 13.0. The number of hydrogen-bond donors (Lipinski definition) is 3. The molecule has 0 bridgehead atoms. The third kappa shape index (κ3) is 4.07. The summed E-state index contributed by atoms with van der Waals surface area (Å²) in [5, 5.41) is 6.05. The molecule has 2 amide bonds. The van der Waals surface area contributed by atoms with Crippen LogP contribution in [0.5, 0.6) is 0 Å². The molecule has 0 saturated carbocycles. The number of halogens is 2. The number of rotatable bonds is 3. The fourth-order valence-electron chi connectivity index (χ4n) is 1.61. The largest absolute Gasteiger partial charge is 0.389 e. The van der Waals surface area contributed by atoms with Crippen molar-refractivity contribution in [3.05, 3.63) is 58.1 Å². The second-order valence-corrected chi connectivity index (χ2v) is 5.37. The standard InChI is InChI=1S/C14H11Cl2N3OS/c15-9-3-1-2-4-11(9)18-14(20)19-12-6-5-8(13(17)21)7-10(12)16/h1-7H,(H2,17,21)(H2,18,19,20). The van der Waals surface area contributed by atoms with Gasteiger partial charge in [-0.1, -0.05) is 47.6 Å². The number of carbonyl (C=O) groups excluding carboxylic acids is 1. The Bertz CT molecular complexity index is 706. The Kier molecular flexibility index (Phi) is 5.01. The number of anilines is 2. The lowest BCUT2D eigenvalue weighted by molar-refractivity contribution is 0.262. The van der Waals surface area contributed by atoms with Crippen molar-refractivity contribution in [2.45, 2.75) is 0 Å². The topological polar surface area (TPSA) is 67.1 Å². The fraction of sp³-hybridized carbons (Fsp3) is 0. The molecule has 0 aliphatic carbocycles. The van der Waals surface area contributed by atoms with Gasteiger partial charge in [0.25, 0.3) is 0 Å². The van der Waals surface area contributed by atoms with Crippen LogP contribution in [0.15, 0.2) is 42.5 Å². The van der Waals surface area contributed by atoms with E-state index in [2.05, 4.69) is 10.6 Å². The molecule has 0 spiro atoms. The lowest BCUT2D eigenvalue weighted by Crippen LogP contribution is -2.20. The maximum absolute atomic E-state index is 11.9. The van der Waals surface area contributed by atoms with Gasteiger partial charge >= 0.3 is 6.03 Å². The van der Waals surface area contributed by atoms with Gasteiger partial charge in [-0.2, -0.15) is 0 Å². The number of para-hydroxylation sites is 1. The average Bonchev–Trinajstić information content (AvgIpc) is 2.43. The SMILES string of the molecule is NC(=S)c1ccc(NC(=O)Nc2ccccc2Cl)c(Cl)c1. The van der Waals surface area contributed by atoms with E-state index >= 15 is 0 Å². The first-order valence-corrected chi connectivity index (χ1v) is 7.05. The Morgan fingerprint density at radius 3 is 2.19 bits per heavy atom. The first-order valence-electron chi connectivity index (χ1n) is 5.89. The zero-order valence-electron chi connectivity index (χ0n) is 10.7. The molecule has 0 aliphatic rings. The predicted molar refractivity (Wildman–Crippen MR) is 91.4 cm³/mol. The lowest BCUT2D eigenvalue weighted by atomic mass is 10.2. The summed E-state index contributed by atoms with van der Waals surface area (Å²) < 4.78 is 0. The van der Waals surface area contributed by atoms with E-state index in [1.54, 1.807) is 42.5 Å². The van der Waals surface area contributed by atoms with Crippen LogP contribution in [0.25, 0.3) is 0 Å². The van der Waals surface area contributed by atoms with E-state index in [0.29, 0.717) is 27.0 Å². The number of nitrogens with two attached hydrogens (primary N) is 1. The molecule has 0 saturated heterocycles. The Hall–Kier alpha value is -1.82. The maximum atomic E-state index is 11.9. The molecular formula is C14H11Cl2N3OS. The van der Waals surface area contributed by atoms with Gasteiger partial charge in [0.15, 0.2) is 0 Å². The minimum absolute atomic E-state index is 0.240.